The molecule has 1 fully saturated rings. The van der Waals surface area contributed by atoms with Gasteiger partial charge < -0.3 is 9.47 Å². The van der Waals surface area contributed by atoms with Gasteiger partial charge in [-0.3, -0.25) is 4.79 Å². The summed E-state index contributed by atoms with van der Waals surface area (Å²) in [4.78, 5) is 11.8. The molecule has 1 saturated carbocycles. The number of ketones is 1. The summed E-state index contributed by atoms with van der Waals surface area (Å²) in [5.41, 5.74) is 1.84. The Morgan fingerprint density at radius 1 is 1.11 bits per heavy atom. The van der Waals surface area contributed by atoms with Crippen LogP contribution >= 0.6 is 0 Å². The van der Waals surface area contributed by atoms with Crippen LogP contribution in [0.25, 0.3) is 6.08 Å². The molecule has 0 radical (unpaired) electrons. The van der Waals surface area contributed by atoms with E-state index in [1.54, 1.807) is 14.2 Å². The van der Waals surface area contributed by atoms with E-state index < -0.39 is 0 Å². The first-order valence-corrected chi connectivity index (χ1v) is 6.20. The lowest BCUT2D eigenvalue weighted by Gasteiger charge is -2.13. The standard InChI is InChI=1S/C15H18O3/c1-17-13-8-7-12(15(10-13)18-2)9-11-5-3-4-6-14(11)16/h7-10H,3-6H2,1-2H3/b11-9-. The van der Waals surface area contributed by atoms with E-state index in [0.29, 0.717) is 6.42 Å². The minimum Gasteiger partial charge on any atom is -0.497 e. The van der Waals surface area contributed by atoms with Gasteiger partial charge in [-0.15, -0.1) is 0 Å². The fourth-order valence-electron chi connectivity index (χ4n) is 2.18. The molecular formula is C15H18O3. The Kier molecular flexibility index (Phi) is 4.03. The van der Waals surface area contributed by atoms with Gasteiger partial charge in [0.1, 0.15) is 11.5 Å². The normalized spacial score (nSPS) is 17.9. The molecule has 0 atom stereocenters. The number of ether oxygens (including phenoxy) is 2. The quantitative estimate of drug-likeness (QED) is 0.768. The summed E-state index contributed by atoms with van der Waals surface area (Å²) in [6, 6.07) is 5.63. The molecule has 0 aromatic heterocycles. The van der Waals surface area contributed by atoms with Gasteiger partial charge in [0.2, 0.25) is 0 Å². The first-order valence-electron chi connectivity index (χ1n) is 6.20. The van der Waals surface area contributed by atoms with Crippen molar-refractivity contribution in [3.05, 3.63) is 29.3 Å². The molecule has 96 valence electrons. The SMILES string of the molecule is COc1ccc(/C=C2/CCCCC2=O)c(OC)c1. The van der Waals surface area contributed by atoms with Gasteiger partial charge in [0.05, 0.1) is 14.2 Å². The number of carbonyl (C=O) groups is 1. The maximum Gasteiger partial charge on any atom is 0.158 e. The van der Waals surface area contributed by atoms with Crippen molar-refractivity contribution in [1.29, 1.82) is 0 Å². The average Bonchev–Trinajstić information content (AvgIpc) is 2.41. The first-order chi connectivity index (χ1) is 8.74. The number of rotatable bonds is 3. The summed E-state index contributed by atoms with van der Waals surface area (Å²) >= 11 is 0. The molecule has 1 aliphatic carbocycles. The highest BCUT2D eigenvalue weighted by Gasteiger charge is 2.15. The third-order valence-corrected chi connectivity index (χ3v) is 3.23. The largest absolute Gasteiger partial charge is 0.497 e. The van der Waals surface area contributed by atoms with Crippen LogP contribution in [0.1, 0.15) is 31.2 Å². The highest BCUT2D eigenvalue weighted by molar-refractivity contribution is 6.00. The molecule has 0 heterocycles. The predicted octanol–water partition coefficient (Wildman–Crippen LogP) is 3.23. The van der Waals surface area contributed by atoms with Crippen LogP contribution in [0.4, 0.5) is 0 Å². The lowest BCUT2D eigenvalue weighted by molar-refractivity contribution is -0.116. The van der Waals surface area contributed by atoms with Crippen LogP contribution < -0.4 is 9.47 Å². The third-order valence-electron chi connectivity index (χ3n) is 3.23. The molecule has 2 rings (SSSR count). The second-order valence-corrected chi connectivity index (χ2v) is 4.41. The second-order valence-electron chi connectivity index (χ2n) is 4.41. The van der Waals surface area contributed by atoms with E-state index in [-0.39, 0.29) is 5.78 Å². The molecular weight excluding hydrogens is 228 g/mol. The zero-order valence-electron chi connectivity index (χ0n) is 10.9. The molecule has 0 N–H and O–H groups in total. The van der Waals surface area contributed by atoms with E-state index >= 15 is 0 Å². The van der Waals surface area contributed by atoms with Gasteiger partial charge in [0.25, 0.3) is 0 Å². The molecule has 1 aromatic rings. The molecule has 0 aliphatic heterocycles. The van der Waals surface area contributed by atoms with Crippen LogP contribution in [-0.2, 0) is 4.79 Å². The van der Waals surface area contributed by atoms with Gasteiger partial charge in [-0.05, 0) is 43.0 Å². The Balaban J connectivity index is 2.32. The fourth-order valence-corrected chi connectivity index (χ4v) is 2.18. The van der Waals surface area contributed by atoms with E-state index in [2.05, 4.69) is 0 Å². The highest BCUT2D eigenvalue weighted by atomic mass is 16.5. The molecule has 1 aromatic carbocycles. The van der Waals surface area contributed by atoms with Crippen molar-refractivity contribution in [3.8, 4) is 11.5 Å². The van der Waals surface area contributed by atoms with E-state index in [1.165, 1.54) is 0 Å². The summed E-state index contributed by atoms with van der Waals surface area (Å²) in [7, 11) is 3.25. The minimum atomic E-state index is 0.263. The molecule has 0 bridgehead atoms. The van der Waals surface area contributed by atoms with Crippen molar-refractivity contribution in [1.82, 2.24) is 0 Å². The van der Waals surface area contributed by atoms with E-state index in [1.807, 2.05) is 24.3 Å². The van der Waals surface area contributed by atoms with Crippen LogP contribution in [0.5, 0.6) is 11.5 Å². The molecule has 0 amide bonds. The second kappa shape index (κ2) is 5.71. The van der Waals surface area contributed by atoms with E-state index in [9.17, 15) is 4.79 Å². The third kappa shape index (κ3) is 2.73. The smallest absolute Gasteiger partial charge is 0.158 e. The Bertz CT molecular complexity index is 475. The Morgan fingerprint density at radius 2 is 1.89 bits per heavy atom. The van der Waals surface area contributed by atoms with Crippen LogP contribution in [-0.4, -0.2) is 20.0 Å². The average molecular weight is 246 g/mol. The van der Waals surface area contributed by atoms with Gasteiger partial charge in [-0.1, -0.05) is 0 Å². The number of methoxy groups -OCH3 is 2. The van der Waals surface area contributed by atoms with Crippen molar-refractivity contribution < 1.29 is 14.3 Å². The topological polar surface area (TPSA) is 35.5 Å². The maximum atomic E-state index is 11.8. The maximum absolute atomic E-state index is 11.8. The van der Waals surface area contributed by atoms with Crippen LogP contribution in [0.3, 0.4) is 0 Å². The van der Waals surface area contributed by atoms with Gasteiger partial charge in [0, 0.05) is 18.1 Å². The van der Waals surface area contributed by atoms with Crippen molar-refractivity contribution in [2.24, 2.45) is 0 Å². The zero-order chi connectivity index (χ0) is 13.0. The lowest BCUT2D eigenvalue weighted by atomic mass is 9.92. The number of hydrogen-bond donors (Lipinski definition) is 0. The highest BCUT2D eigenvalue weighted by Crippen LogP contribution is 2.29. The van der Waals surface area contributed by atoms with Gasteiger partial charge in [0.15, 0.2) is 5.78 Å². The Hall–Kier alpha value is -1.77. The number of carbonyl (C=O) groups excluding carboxylic acids is 1. The predicted molar refractivity (Wildman–Crippen MR) is 71.0 cm³/mol. The fraction of sp³-hybridized carbons (Fsp3) is 0.400. The van der Waals surface area contributed by atoms with Crippen molar-refractivity contribution in [2.45, 2.75) is 25.7 Å². The molecule has 3 heteroatoms. The first kappa shape index (κ1) is 12.7. The minimum absolute atomic E-state index is 0.263. The van der Waals surface area contributed by atoms with Crippen molar-refractivity contribution >= 4 is 11.9 Å². The van der Waals surface area contributed by atoms with Crippen molar-refractivity contribution in [2.75, 3.05) is 14.2 Å². The molecule has 3 nitrogen and oxygen atoms in total. The van der Waals surface area contributed by atoms with Crippen LogP contribution in [0, 0.1) is 0 Å². The Morgan fingerprint density at radius 3 is 2.56 bits per heavy atom. The van der Waals surface area contributed by atoms with Crippen molar-refractivity contribution in [3.63, 3.8) is 0 Å². The number of allylic oxidation sites excluding steroid dienone is 1. The summed E-state index contributed by atoms with van der Waals surface area (Å²) in [5, 5.41) is 0. The van der Waals surface area contributed by atoms with Crippen LogP contribution in [0.15, 0.2) is 23.8 Å². The molecule has 0 unspecified atom stereocenters. The molecule has 0 spiro atoms. The molecule has 1 aliphatic rings. The summed E-state index contributed by atoms with van der Waals surface area (Å²) in [5.74, 6) is 1.75. The summed E-state index contributed by atoms with van der Waals surface area (Å²) < 4.78 is 10.5. The van der Waals surface area contributed by atoms with Gasteiger partial charge in [-0.2, -0.15) is 0 Å². The van der Waals surface area contributed by atoms with E-state index in [0.717, 1.165) is 41.9 Å². The Labute approximate surface area is 107 Å². The number of hydrogen-bond acceptors (Lipinski definition) is 3. The van der Waals surface area contributed by atoms with Gasteiger partial charge in [-0.25, -0.2) is 0 Å². The monoisotopic (exact) mass is 246 g/mol. The molecule has 0 saturated heterocycles. The summed E-state index contributed by atoms with van der Waals surface area (Å²) in [6.45, 7) is 0. The molecule has 18 heavy (non-hydrogen) atoms. The number of benzene rings is 1. The van der Waals surface area contributed by atoms with E-state index in [4.69, 9.17) is 9.47 Å². The van der Waals surface area contributed by atoms with Gasteiger partial charge >= 0.3 is 0 Å². The zero-order valence-corrected chi connectivity index (χ0v) is 10.9. The lowest BCUT2D eigenvalue weighted by Crippen LogP contribution is -2.08. The number of Topliss-reactive ketones (excluding diaryl/α,β-unsaturated/α-hetero) is 1. The van der Waals surface area contributed by atoms with Crippen LogP contribution in [0.2, 0.25) is 0 Å². The summed E-state index contributed by atoms with van der Waals surface area (Å²) in [6.07, 6.45) is 5.59.